The number of hydrogen-bond acceptors (Lipinski definition) is 3. The van der Waals surface area contributed by atoms with Gasteiger partial charge in [0.1, 0.15) is 11.5 Å². The van der Waals surface area contributed by atoms with Crippen molar-refractivity contribution in [2.75, 3.05) is 0 Å². The van der Waals surface area contributed by atoms with Crippen LogP contribution in [0.4, 0.5) is 0 Å². The van der Waals surface area contributed by atoms with Gasteiger partial charge in [0.2, 0.25) is 0 Å². The SMILES string of the molecule is Cc1cccc(/C(N)=N/O)c1Oc1ccc(Cl)c(Cl)c1. The molecule has 0 saturated heterocycles. The van der Waals surface area contributed by atoms with Gasteiger partial charge in [0, 0.05) is 6.07 Å². The Labute approximate surface area is 126 Å². The Bertz CT molecular complexity index is 672. The molecule has 0 aromatic heterocycles. The molecule has 0 saturated carbocycles. The Morgan fingerprint density at radius 1 is 1.20 bits per heavy atom. The molecule has 20 heavy (non-hydrogen) atoms. The maximum atomic E-state index is 8.82. The van der Waals surface area contributed by atoms with E-state index in [1.54, 1.807) is 30.3 Å². The van der Waals surface area contributed by atoms with Crippen molar-refractivity contribution in [3.63, 3.8) is 0 Å². The molecular formula is C14H12Cl2N2O2. The minimum absolute atomic E-state index is 0.0243. The van der Waals surface area contributed by atoms with Gasteiger partial charge in [-0.25, -0.2) is 0 Å². The van der Waals surface area contributed by atoms with Gasteiger partial charge in [0.05, 0.1) is 15.6 Å². The van der Waals surface area contributed by atoms with E-state index in [1.165, 1.54) is 0 Å². The summed E-state index contributed by atoms with van der Waals surface area (Å²) in [6.45, 7) is 1.86. The fourth-order valence-corrected chi connectivity index (χ4v) is 1.99. The van der Waals surface area contributed by atoms with Gasteiger partial charge in [-0.1, -0.05) is 40.5 Å². The average Bonchev–Trinajstić information content (AvgIpc) is 2.44. The second-order valence-corrected chi connectivity index (χ2v) is 4.93. The van der Waals surface area contributed by atoms with E-state index in [2.05, 4.69) is 5.16 Å². The molecule has 0 unspecified atom stereocenters. The molecule has 4 nitrogen and oxygen atoms in total. The summed E-state index contributed by atoms with van der Waals surface area (Å²) >= 11 is 11.8. The third-order valence-corrected chi connectivity index (χ3v) is 3.45. The molecule has 6 heteroatoms. The van der Waals surface area contributed by atoms with Crippen molar-refractivity contribution in [2.45, 2.75) is 6.92 Å². The van der Waals surface area contributed by atoms with E-state index in [9.17, 15) is 0 Å². The first kappa shape index (κ1) is 14.5. The molecule has 0 atom stereocenters. The van der Waals surface area contributed by atoms with Gasteiger partial charge in [0.15, 0.2) is 5.84 Å². The molecule has 0 aliphatic heterocycles. The van der Waals surface area contributed by atoms with Gasteiger partial charge in [0.25, 0.3) is 0 Å². The molecule has 0 spiro atoms. The number of nitrogens with zero attached hydrogens (tertiary/aromatic N) is 1. The van der Waals surface area contributed by atoms with Crippen molar-refractivity contribution >= 4 is 29.0 Å². The highest BCUT2D eigenvalue weighted by Crippen LogP contribution is 2.32. The summed E-state index contributed by atoms with van der Waals surface area (Å²) < 4.78 is 5.78. The maximum absolute atomic E-state index is 8.82. The Hall–Kier alpha value is -1.91. The van der Waals surface area contributed by atoms with E-state index in [1.807, 2.05) is 13.0 Å². The quantitative estimate of drug-likeness (QED) is 0.386. The molecule has 0 heterocycles. The molecule has 0 bridgehead atoms. The molecule has 2 rings (SSSR count). The number of oxime groups is 1. The van der Waals surface area contributed by atoms with E-state index in [-0.39, 0.29) is 5.84 Å². The zero-order valence-corrected chi connectivity index (χ0v) is 12.1. The number of halogens is 2. The predicted octanol–water partition coefficient (Wildman–Crippen LogP) is 4.19. The fourth-order valence-electron chi connectivity index (χ4n) is 1.70. The first-order valence-electron chi connectivity index (χ1n) is 5.73. The molecule has 0 radical (unpaired) electrons. The van der Waals surface area contributed by atoms with E-state index in [0.717, 1.165) is 5.56 Å². The summed E-state index contributed by atoms with van der Waals surface area (Å²) in [5, 5.41) is 12.7. The van der Waals surface area contributed by atoms with E-state index < -0.39 is 0 Å². The third-order valence-electron chi connectivity index (χ3n) is 2.71. The lowest BCUT2D eigenvalue weighted by Crippen LogP contribution is -2.14. The molecule has 0 amide bonds. The highest BCUT2D eigenvalue weighted by atomic mass is 35.5. The number of benzene rings is 2. The monoisotopic (exact) mass is 310 g/mol. The van der Waals surface area contributed by atoms with Gasteiger partial charge in [-0.3, -0.25) is 0 Å². The minimum Gasteiger partial charge on any atom is -0.456 e. The van der Waals surface area contributed by atoms with Crippen LogP contribution >= 0.6 is 23.2 Å². The van der Waals surface area contributed by atoms with Crippen molar-refractivity contribution in [1.29, 1.82) is 0 Å². The summed E-state index contributed by atoms with van der Waals surface area (Å²) in [5.74, 6) is 0.991. The van der Waals surface area contributed by atoms with Crippen molar-refractivity contribution in [3.05, 3.63) is 57.6 Å². The average molecular weight is 311 g/mol. The predicted molar refractivity (Wildman–Crippen MR) is 80.2 cm³/mol. The lowest BCUT2D eigenvalue weighted by atomic mass is 10.1. The molecule has 0 aliphatic carbocycles. The summed E-state index contributed by atoms with van der Waals surface area (Å²) in [6, 6.07) is 10.3. The lowest BCUT2D eigenvalue weighted by molar-refractivity contribution is 0.318. The van der Waals surface area contributed by atoms with Crippen LogP contribution in [0, 0.1) is 6.92 Å². The molecule has 3 N–H and O–H groups in total. The first-order valence-corrected chi connectivity index (χ1v) is 6.49. The molecule has 2 aromatic rings. The van der Waals surface area contributed by atoms with E-state index in [0.29, 0.717) is 27.1 Å². The summed E-state index contributed by atoms with van der Waals surface area (Å²) in [7, 11) is 0. The van der Waals surface area contributed by atoms with Crippen LogP contribution in [0.5, 0.6) is 11.5 Å². The largest absolute Gasteiger partial charge is 0.456 e. The van der Waals surface area contributed by atoms with Crippen molar-refractivity contribution in [2.24, 2.45) is 10.9 Å². The highest BCUT2D eigenvalue weighted by molar-refractivity contribution is 6.42. The smallest absolute Gasteiger partial charge is 0.173 e. The number of amidine groups is 1. The number of ether oxygens (including phenoxy) is 1. The summed E-state index contributed by atoms with van der Waals surface area (Å²) in [5.41, 5.74) is 6.99. The molecule has 0 aliphatic rings. The van der Waals surface area contributed by atoms with Crippen molar-refractivity contribution in [3.8, 4) is 11.5 Å². The van der Waals surface area contributed by atoms with Gasteiger partial charge < -0.3 is 15.7 Å². The van der Waals surface area contributed by atoms with Crippen LogP contribution < -0.4 is 10.5 Å². The van der Waals surface area contributed by atoms with Gasteiger partial charge in [-0.05, 0) is 30.7 Å². The summed E-state index contributed by atoms with van der Waals surface area (Å²) in [4.78, 5) is 0. The van der Waals surface area contributed by atoms with Gasteiger partial charge in [-0.2, -0.15) is 0 Å². The maximum Gasteiger partial charge on any atom is 0.173 e. The van der Waals surface area contributed by atoms with Crippen LogP contribution in [0.15, 0.2) is 41.6 Å². The zero-order chi connectivity index (χ0) is 14.7. The second kappa shape index (κ2) is 6.03. The van der Waals surface area contributed by atoms with E-state index in [4.69, 9.17) is 38.9 Å². The van der Waals surface area contributed by atoms with Crippen LogP contribution in [0.1, 0.15) is 11.1 Å². The third kappa shape index (κ3) is 2.98. The van der Waals surface area contributed by atoms with Crippen LogP contribution in [-0.2, 0) is 0 Å². The molecule has 0 fully saturated rings. The normalized spacial score (nSPS) is 11.4. The first-order chi connectivity index (χ1) is 9.52. The van der Waals surface area contributed by atoms with Crippen LogP contribution in [-0.4, -0.2) is 11.0 Å². The second-order valence-electron chi connectivity index (χ2n) is 4.11. The van der Waals surface area contributed by atoms with Crippen LogP contribution in [0.2, 0.25) is 10.0 Å². The Morgan fingerprint density at radius 3 is 2.60 bits per heavy atom. The van der Waals surface area contributed by atoms with Gasteiger partial charge in [-0.15, -0.1) is 0 Å². The summed E-state index contributed by atoms with van der Waals surface area (Å²) in [6.07, 6.45) is 0. The fraction of sp³-hybridized carbons (Fsp3) is 0.0714. The van der Waals surface area contributed by atoms with Crippen molar-refractivity contribution < 1.29 is 9.94 Å². The molecular weight excluding hydrogens is 299 g/mol. The number of aryl methyl sites for hydroxylation is 1. The number of rotatable bonds is 3. The Balaban J connectivity index is 2.45. The number of para-hydroxylation sites is 1. The highest BCUT2D eigenvalue weighted by Gasteiger charge is 2.12. The van der Waals surface area contributed by atoms with Crippen molar-refractivity contribution in [1.82, 2.24) is 0 Å². The zero-order valence-electron chi connectivity index (χ0n) is 10.6. The van der Waals surface area contributed by atoms with Crippen LogP contribution in [0.3, 0.4) is 0 Å². The lowest BCUT2D eigenvalue weighted by Gasteiger charge is -2.13. The number of nitrogens with two attached hydrogens (primary N) is 1. The van der Waals surface area contributed by atoms with Gasteiger partial charge >= 0.3 is 0 Å². The standard InChI is InChI=1S/C14H12Cl2N2O2/c1-8-3-2-4-10(14(17)18-19)13(8)20-9-5-6-11(15)12(16)7-9/h2-7,19H,1H3,(H2,17,18). The van der Waals surface area contributed by atoms with Crippen LogP contribution in [0.25, 0.3) is 0 Å². The Morgan fingerprint density at radius 2 is 1.95 bits per heavy atom. The molecule has 2 aromatic carbocycles. The molecule has 104 valence electrons. The minimum atomic E-state index is -0.0243. The topological polar surface area (TPSA) is 67.8 Å². The van der Waals surface area contributed by atoms with E-state index >= 15 is 0 Å². The Kier molecular flexibility index (Phi) is 4.37. The number of hydrogen-bond donors (Lipinski definition) is 2.